The maximum Gasteiger partial charge on any atom is 0.328 e. The van der Waals surface area contributed by atoms with Crippen LogP contribution in [0.3, 0.4) is 0 Å². The number of hydrogen-bond acceptors (Lipinski definition) is 3. The SMILES string of the molecule is CC.CC1(C)CCCC(=O)N1c1ccc(-c2cccc(N3CCC(=O)NC3=O)c2Cl)cc1. The highest BCUT2D eigenvalue weighted by molar-refractivity contribution is 6.36. The first-order valence-electron chi connectivity index (χ1n) is 11.1. The number of nitrogens with one attached hydrogen (secondary N) is 1. The predicted octanol–water partition coefficient (Wildman–Crippen LogP) is 5.78. The van der Waals surface area contributed by atoms with Gasteiger partial charge in [-0.25, -0.2) is 4.79 Å². The molecular weight excluding hydrogens is 426 g/mol. The third kappa shape index (κ3) is 4.65. The van der Waals surface area contributed by atoms with Crippen molar-refractivity contribution in [3.05, 3.63) is 47.5 Å². The van der Waals surface area contributed by atoms with Gasteiger partial charge >= 0.3 is 6.03 Å². The number of piperidine rings is 1. The predicted molar refractivity (Wildman–Crippen MR) is 129 cm³/mol. The molecule has 32 heavy (non-hydrogen) atoms. The molecule has 0 saturated carbocycles. The van der Waals surface area contributed by atoms with E-state index in [9.17, 15) is 14.4 Å². The Morgan fingerprint density at radius 2 is 1.66 bits per heavy atom. The van der Waals surface area contributed by atoms with Crippen LogP contribution in [-0.2, 0) is 9.59 Å². The summed E-state index contributed by atoms with van der Waals surface area (Å²) in [5.41, 5.74) is 2.90. The third-order valence-electron chi connectivity index (χ3n) is 5.79. The summed E-state index contributed by atoms with van der Waals surface area (Å²) in [7, 11) is 0. The second kappa shape index (κ2) is 9.74. The van der Waals surface area contributed by atoms with E-state index in [0.717, 1.165) is 29.7 Å². The summed E-state index contributed by atoms with van der Waals surface area (Å²) >= 11 is 6.66. The zero-order valence-corrected chi connectivity index (χ0v) is 19.8. The van der Waals surface area contributed by atoms with Crippen molar-refractivity contribution in [1.82, 2.24) is 5.32 Å². The molecule has 2 aromatic carbocycles. The molecule has 2 aliphatic heterocycles. The molecule has 0 radical (unpaired) electrons. The number of carbonyl (C=O) groups is 3. The lowest BCUT2D eigenvalue weighted by Gasteiger charge is -2.42. The zero-order chi connectivity index (χ0) is 23.5. The molecule has 2 fully saturated rings. The maximum atomic E-state index is 12.5. The van der Waals surface area contributed by atoms with Crippen LogP contribution in [-0.4, -0.2) is 29.9 Å². The van der Waals surface area contributed by atoms with Gasteiger partial charge in [-0.05, 0) is 50.5 Å². The topological polar surface area (TPSA) is 69.7 Å². The average Bonchev–Trinajstić information content (AvgIpc) is 2.76. The van der Waals surface area contributed by atoms with Gasteiger partial charge in [0.2, 0.25) is 11.8 Å². The van der Waals surface area contributed by atoms with E-state index in [1.165, 1.54) is 4.90 Å². The molecule has 170 valence electrons. The van der Waals surface area contributed by atoms with Gasteiger partial charge in [0.15, 0.2) is 0 Å². The fraction of sp³-hybridized carbons (Fsp3) is 0.400. The Balaban J connectivity index is 0.00000141. The third-order valence-corrected chi connectivity index (χ3v) is 6.19. The van der Waals surface area contributed by atoms with Crippen molar-refractivity contribution in [1.29, 1.82) is 0 Å². The normalized spacial score (nSPS) is 18.1. The summed E-state index contributed by atoms with van der Waals surface area (Å²) in [6.45, 7) is 8.47. The highest BCUT2D eigenvalue weighted by Crippen LogP contribution is 2.38. The van der Waals surface area contributed by atoms with Crippen LogP contribution in [0, 0.1) is 0 Å². The van der Waals surface area contributed by atoms with Gasteiger partial charge in [-0.15, -0.1) is 0 Å². The summed E-state index contributed by atoms with van der Waals surface area (Å²) in [6, 6.07) is 12.8. The lowest BCUT2D eigenvalue weighted by atomic mass is 9.89. The molecule has 0 unspecified atom stereocenters. The van der Waals surface area contributed by atoms with Crippen molar-refractivity contribution in [2.75, 3.05) is 16.3 Å². The quantitative estimate of drug-likeness (QED) is 0.638. The molecule has 2 aliphatic rings. The van der Waals surface area contributed by atoms with E-state index in [4.69, 9.17) is 11.6 Å². The lowest BCUT2D eigenvalue weighted by Crippen LogP contribution is -2.51. The number of urea groups is 1. The minimum atomic E-state index is -0.466. The van der Waals surface area contributed by atoms with Crippen molar-refractivity contribution in [2.45, 2.75) is 58.9 Å². The molecule has 0 aliphatic carbocycles. The molecule has 0 atom stereocenters. The van der Waals surface area contributed by atoms with Crippen LogP contribution in [0.25, 0.3) is 11.1 Å². The number of nitrogens with zero attached hydrogens (tertiary/aromatic N) is 2. The van der Waals surface area contributed by atoms with Crippen LogP contribution in [0.15, 0.2) is 42.5 Å². The van der Waals surface area contributed by atoms with E-state index in [1.54, 1.807) is 6.07 Å². The monoisotopic (exact) mass is 455 g/mol. The molecular formula is C25H30ClN3O3. The van der Waals surface area contributed by atoms with Crippen molar-refractivity contribution < 1.29 is 14.4 Å². The summed E-state index contributed by atoms with van der Waals surface area (Å²) in [5.74, 6) is -0.140. The van der Waals surface area contributed by atoms with Crippen LogP contribution < -0.4 is 15.1 Å². The van der Waals surface area contributed by atoms with Gasteiger partial charge in [-0.2, -0.15) is 0 Å². The van der Waals surface area contributed by atoms with Gasteiger partial charge in [0.25, 0.3) is 0 Å². The first-order valence-corrected chi connectivity index (χ1v) is 11.5. The molecule has 4 amide bonds. The molecule has 0 bridgehead atoms. The Bertz CT molecular complexity index is 1020. The Morgan fingerprint density at radius 3 is 2.28 bits per heavy atom. The van der Waals surface area contributed by atoms with Gasteiger partial charge in [-0.3, -0.25) is 19.8 Å². The largest absolute Gasteiger partial charge is 0.328 e. The zero-order valence-electron chi connectivity index (χ0n) is 19.1. The number of amides is 4. The Hall–Kier alpha value is -2.86. The van der Waals surface area contributed by atoms with Crippen LogP contribution in [0.2, 0.25) is 5.02 Å². The van der Waals surface area contributed by atoms with Crippen molar-refractivity contribution >= 4 is 40.8 Å². The smallest absolute Gasteiger partial charge is 0.307 e. The van der Waals surface area contributed by atoms with Crippen LogP contribution in [0.4, 0.5) is 16.2 Å². The molecule has 0 aromatic heterocycles. The second-order valence-electron chi connectivity index (χ2n) is 8.34. The van der Waals surface area contributed by atoms with Crippen LogP contribution >= 0.6 is 11.6 Å². The number of rotatable bonds is 3. The van der Waals surface area contributed by atoms with Gasteiger partial charge in [0.05, 0.1) is 10.7 Å². The van der Waals surface area contributed by atoms with Crippen molar-refractivity contribution in [3.63, 3.8) is 0 Å². The fourth-order valence-corrected chi connectivity index (χ4v) is 4.60. The van der Waals surface area contributed by atoms with E-state index in [1.807, 2.05) is 55.1 Å². The fourth-order valence-electron chi connectivity index (χ4n) is 4.26. The van der Waals surface area contributed by atoms with Gasteiger partial charge < -0.3 is 4.90 Å². The first-order chi connectivity index (χ1) is 15.3. The second-order valence-corrected chi connectivity index (χ2v) is 8.71. The van der Waals surface area contributed by atoms with Gasteiger partial charge in [0, 0.05) is 36.2 Å². The molecule has 2 saturated heterocycles. The number of carbonyl (C=O) groups excluding carboxylic acids is 3. The summed E-state index contributed by atoms with van der Waals surface area (Å²) in [5, 5.41) is 2.77. The highest BCUT2D eigenvalue weighted by atomic mass is 35.5. The van der Waals surface area contributed by atoms with Crippen LogP contribution in [0.5, 0.6) is 0 Å². The number of imide groups is 1. The summed E-state index contributed by atoms with van der Waals surface area (Å²) < 4.78 is 0. The summed E-state index contributed by atoms with van der Waals surface area (Å²) in [6.07, 6.45) is 2.69. The molecule has 7 heteroatoms. The van der Waals surface area contributed by atoms with Crippen molar-refractivity contribution in [2.24, 2.45) is 0 Å². The number of hydrogen-bond donors (Lipinski definition) is 1. The van der Waals surface area contributed by atoms with E-state index in [-0.39, 0.29) is 23.8 Å². The first kappa shape index (κ1) is 23.8. The minimum absolute atomic E-state index is 0.143. The summed E-state index contributed by atoms with van der Waals surface area (Å²) in [4.78, 5) is 39.5. The average molecular weight is 456 g/mol. The van der Waals surface area contributed by atoms with E-state index < -0.39 is 6.03 Å². The van der Waals surface area contributed by atoms with Crippen molar-refractivity contribution in [3.8, 4) is 11.1 Å². The molecule has 2 heterocycles. The molecule has 4 rings (SSSR count). The molecule has 2 aromatic rings. The van der Waals surface area contributed by atoms with Gasteiger partial charge in [-0.1, -0.05) is 49.7 Å². The minimum Gasteiger partial charge on any atom is -0.307 e. The van der Waals surface area contributed by atoms with Crippen LogP contribution in [0.1, 0.15) is 53.4 Å². The molecule has 6 nitrogen and oxygen atoms in total. The maximum absolute atomic E-state index is 12.5. The lowest BCUT2D eigenvalue weighted by molar-refractivity contribution is -0.121. The Morgan fingerprint density at radius 1 is 0.969 bits per heavy atom. The van der Waals surface area contributed by atoms with E-state index in [0.29, 0.717) is 23.7 Å². The van der Waals surface area contributed by atoms with E-state index in [2.05, 4.69) is 19.2 Å². The molecule has 0 spiro atoms. The standard InChI is InChI=1S/C23H24ClN3O3.C2H6/c1-23(2)13-4-7-20(29)27(23)16-10-8-15(9-11-16)17-5-3-6-18(21(17)24)26-14-12-19(28)25-22(26)30;1-2/h3,5-6,8-11H,4,7,12-14H2,1-2H3,(H,25,28,30);1-2H3. The van der Waals surface area contributed by atoms with Gasteiger partial charge in [0.1, 0.15) is 0 Å². The Kier molecular flexibility index (Phi) is 7.24. The molecule has 1 N–H and O–H groups in total. The number of halogens is 1. The highest BCUT2D eigenvalue weighted by Gasteiger charge is 2.35. The number of benzene rings is 2. The van der Waals surface area contributed by atoms with E-state index >= 15 is 0 Å². The number of anilines is 2. The Labute approximate surface area is 194 Å².